The van der Waals surface area contributed by atoms with Crippen molar-refractivity contribution in [1.29, 1.82) is 5.26 Å². The average Bonchev–Trinajstić information content (AvgIpc) is 2.25. The molecule has 0 radical (unpaired) electrons. The monoisotopic (exact) mass is 234 g/mol. The van der Waals surface area contributed by atoms with Crippen molar-refractivity contribution >= 4 is 5.69 Å². The molecular weight excluding hydrogens is 215 g/mol. The topological polar surface area (TPSA) is 35.8 Å². The molecule has 1 aromatic carbocycles. The van der Waals surface area contributed by atoms with Gasteiger partial charge in [0.1, 0.15) is 5.82 Å². The Hall–Kier alpha value is -1.56. The summed E-state index contributed by atoms with van der Waals surface area (Å²) in [6, 6.07) is 6.89. The number of hydrogen-bond acceptors (Lipinski definition) is 2. The molecule has 0 aromatic heterocycles. The van der Waals surface area contributed by atoms with Crippen LogP contribution in [-0.4, -0.2) is 6.54 Å². The smallest absolute Gasteiger partial charge is 0.123 e. The first kappa shape index (κ1) is 13.5. The zero-order valence-corrected chi connectivity index (χ0v) is 10.7. The number of benzene rings is 1. The molecule has 0 saturated heterocycles. The predicted octanol–water partition coefficient (Wildman–Crippen LogP) is 3.88. The number of aryl methyl sites for hydroxylation is 1. The van der Waals surface area contributed by atoms with Crippen LogP contribution in [0.3, 0.4) is 0 Å². The van der Waals surface area contributed by atoms with Crippen molar-refractivity contribution in [2.75, 3.05) is 11.9 Å². The van der Waals surface area contributed by atoms with Gasteiger partial charge in [0.25, 0.3) is 0 Å². The Bertz CT molecular complexity index is 419. The third-order valence-electron chi connectivity index (χ3n) is 2.86. The van der Waals surface area contributed by atoms with Crippen molar-refractivity contribution in [3.63, 3.8) is 0 Å². The van der Waals surface area contributed by atoms with Gasteiger partial charge >= 0.3 is 0 Å². The number of rotatable bonds is 5. The fourth-order valence-electron chi connectivity index (χ4n) is 1.64. The molecule has 2 nitrogen and oxygen atoms in total. The van der Waals surface area contributed by atoms with Crippen LogP contribution in [0.2, 0.25) is 0 Å². The van der Waals surface area contributed by atoms with Crippen molar-refractivity contribution in [2.24, 2.45) is 5.41 Å². The Labute approximate surface area is 102 Å². The third kappa shape index (κ3) is 4.44. The predicted molar refractivity (Wildman–Crippen MR) is 68.3 cm³/mol. The van der Waals surface area contributed by atoms with Crippen molar-refractivity contribution < 1.29 is 4.39 Å². The molecule has 0 aliphatic carbocycles. The Kier molecular flexibility index (Phi) is 4.51. The van der Waals surface area contributed by atoms with Gasteiger partial charge in [0.2, 0.25) is 0 Å². The molecule has 0 unspecified atom stereocenters. The molecule has 1 aromatic rings. The van der Waals surface area contributed by atoms with Crippen molar-refractivity contribution in [2.45, 2.75) is 33.6 Å². The summed E-state index contributed by atoms with van der Waals surface area (Å²) in [5.41, 5.74) is 1.92. The van der Waals surface area contributed by atoms with E-state index in [2.05, 4.69) is 25.2 Å². The summed E-state index contributed by atoms with van der Waals surface area (Å²) in [7, 11) is 0. The van der Waals surface area contributed by atoms with Gasteiger partial charge in [0.15, 0.2) is 0 Å². The highest BCUT2D eigenvalue weighted by atomic mass is 19.1. The largest absolute Gasteiger partial charge is 0.384 e. The van der Waals surface area contributed by atoms with Gasteiger partial charge in [-0.2, -0.15) is 5.26 Å². The molecule has 3 heteroatoms. The molecule has 1 rings (SSSR count). The Balaban J connectivity index is 2.58. The molecule has 0 aliphatic heterocycles. The lowest BCUT2D eigenvalue weighted by Gasteiger charge is -2.25. The first-order chi connectivity index (χ1) is 7.94. The Morgan fingerprint density at radius 3 is 2.71 bits per heavy atom. The minimum Gasteiger partial charge on any atom is -0.384 e. The molecule has 0 aliphatic rings. The van der Waals surface area contributed by atoms with Crippen LogP contribution in [0.25, 0.3) is 0 Å². The van der Waals surface area contributed by atoms with Gasteiger partial charge in [-0.1, -0.05) is 13.8 Å². The van der Waals surface area contributed by atoms with Gasteiger partial charge in [-0.3, -0.25) is 0 Å². The second-order valence-corrected chi connectivity index (χ2v) is 5.14. The Morgan fingerprint density at radius 2 is 2.12 bits per heavy atom. The van der Waals surface area contributed by atoms with Gasteiger partial charge in [0, 0.05) is 18.7 Å². The number of nitrogens with one attached hydrogen (secondary N) is 1. The van der Waals surface area contributed by atoms with Gasteiger partial charge in [-0.05, 0) is 42.5 Å². The second kappa shape index (κ2) is 5.67. The van der Waals surface area contributed by atoms with Crippen LogP contribution in [0, 0.1) is 29.5 Å². The standard InChI is InChI=1S/C14H19FN2/c1-11-9-12(15)5-6-13(11)17-10-14(2,3)7-4-8-16/h5-6,9,17H,4,7,10H2,1-3H3. The molecule has 0 saturated carbocycles. The van der Waals surface area contributed by atoms with Gasteiger partial charge in [0.05, 0.1) is 6.07 Å². The maximum absolute atomic E-state index is 12.9. The van der Waals surface area contributed by atoms with Crippen LogP contribution in [-0.2, 0) is 0 Å². The molecular formula is C14H19FN2. The molecule has 92 valence electrons. The van der Waals surface area contributed by atoms with E-state index < -0.39 is 0 Å². The van der Waals surface area contributed by atoms with Crippen LogP contribution in [0.1, 0.15) is 32.3 Å². The molecule has 0 fully saturated rings. The third-order valence-corrected chi connectivity index (χ3v) is 2.86. The van der Waals surface area contributed by atoms with E-state index in [-0.39, 0.29) is 11.2 Å². The van der Waals surface area contributed by atoms with Gasteiger partial charge < -0.3 is 5.32 Å². The van der Waals surface area contributed by atoms with E-state index >= 15 is 0 Å². The summed E-state index contributed by atoms with van der Waals surface area (Å²) < 4.78 is 12.9. The van der Waals surface area contributed by atoms with E-state index in [1.54, 1.807) is 6.07 Å². The highest BCUT2D eigenvalue weighted by molar-refractivity contribution is 5.50. The SMILES string of the molecule is Cc1cc(F)ccc1NCC(C)(C)CCC#N. The fraction of sp³-hybridized carbons (Fsp3) is 0.500. The van der Waals surface area contributed by atoms with Crippen molar-refractivity contribution in [3.05, 3.63) is 29.6 Å². The maximum atomic E-state index is 12.9. The molecule has 0 spiro atoms. The number of nitrogens with zero attached hydrogens (tertiary/aromatic N) is 1. The second-order valence-electron chi connectivity index (χ2n) is 5.14. The van der Waals surface area contributed by atoms with E-state index in [1.807, 2.05) is 6.92 Å². The normalized spacial score (nSPS) is 11.0. The lowest BCUT2D eigenvalue weighted by atomic mass is 9.88. The van der Waals surface area contributed by atoms with Crippen LogP contribution in [0.5, 0.6) is 0 Å². The van der Waals surface area contributed by atoms with Crippen LogP contribution < -0.4 is 5.32 Å². The molecule has 0 bridgehead atoms. The van der Waals surface area contributed by atoms with E-state index in [9.17, 15) is 4.39 Å². The van der Waals surface area contributed by atoms with E-state index in [0.717, 1.165) is 24.2 Å². The zero-order valence-electron chi connectivity index (χ0n) is 10.7. The van der Waals surface area contributed by atoms with Crippen LogP contribution >= 0.6 is 0 Å². The summed E-state index contributed by atoms with van der Waals surface area (Å²) >= 11 is 0. The average molecular weight is 234 g/mol. The molecule has 1 N–H and O–H groups in total. The maximum Gasteiger partial charge on any atom is 0.123 e. The molecule has 0 atom stereocenters. The quantitative estimate of drug-likeness (QED) is 0.839. The van der Waals surface area contributed by atoms with Gasteiger partial charge in [-0.25, -0.2) is 4.39 Å². The zero-order chi connectivity index (χ0) is 12.9. The number of anilines is 1. The Morgan fingerprint density at radius 1 is 1.41 bits per heavy atom. The summed E-state index contributed by atoms with van der Waals surface area (Å²) in [4.78, 5) is 0. The highest BCUT2D eigenvalue weighted by Gasteiger charge is 2.17. The molecule has 17 heavy (non-hydrogen) atoms. The summed E-state index contributed by atoms with van der Waals surface area (Å²) in [5, 5.41) is 11.9. The molecule has 0 amide bonds. The number of halogens is 1. The number of hydrogen-bond donors (Lipinski definition) is 1. The van der Waals surface area contributed by atoms with Crippen molar-refractivity contribution in [3.8, 4) is 6.07 Å². The summed E-state index contributed by atoms with van der Waals surface area (Å²) in [6.45, 7) is 6.90. The highest BCUT2D eigenvalue weighted by Crippen LogP contribution is 2.24. The number of nitriles is 1. The van der Waals surface area contributed by atoms with E-state index in [0.29, 0.717) is 6.42 Å². The first-order valence-electron chi connectivity index (χ1n) is 5.81. The minimum atomic E-state index is -0.211. The van der Waals surface area contributed by atoms with Gasteiger partial charge in [-0.15, -0.1) is 0 Å². The lowest BCUT2D eigenvalue weighted by Crippen LogP contribution is -2.23. The fourth-order valence-corrected chi connectivity index (χ4v) is 1.64. The minimum absolute atomic E-state index is 0.0660. The van der Waals surface area contributed by atoms with Crippen molar-refractivity contribution in [1.82, 2.24) is 0 Å². The van der Waals surface area contributed by atoms with E-state index in [1.165, 1.54) is 12.1 Å². The molecule has 0 heterocycles. The first-order valence-corrected chi connectivity index (χ1v) is 5.81. The summed E-state index contributed by atoms with van der Waals surface area (Å²) in [5.74, 6) is -0.211. The lowest BCUT2D eigenvalue weighted by molar-refractivity contribution is 0.363. The van der Waals surface area contributed by atoms with Crippen LogP contribution in [0.15, 0.2) is 18.2 Å². The van der Waals surface area contributed by atoms with Crippen LogP contribution in [0.4, 0.5) is 10.1 Å². The van der Waals surface area contributed by atoms with E-state index in [4.69, 9.17) is 5.26 Å². The summed E-state index contributed by atoms with van der Waals surface area (Å²) in [6.07, 6.45) is 1.42.